The second-order valence-corrected chi connectivity index (χ2v) is 7.32. The topological polar surface area (TPSA) is 46.4 Å². The van der Waals surface area contributed by atoms with E-state index in [1.165, 1.54) is 16.0 Å². The molecular weight excluding hydrogens is 340 g/mol. The molecule has 0 spiro atoms. The van der Waals surface area contributed by atoms with Gasteiger partial charge in [0.05, 0.1) is 39.0 Å². The smallest absolute Gasteiger partial charge is 0.142 e. The number of rotatable bonds is 7. The minimum Gasteiger partial charge on any atom is -0.495 e. The maximum absolute atomic E-state index is 10.4. The number of anilines is 1. The van der Waals surface area contributed by atoms with E-state index in [9.17, 15) is 5.11 Å². The Kier molecular flexibility index (Phi) is 6.58. The molecule has 0 bridgehead atoms. The van der Waals surface area contributed by atoms with Crippen molar-refractivity contribution in [2.24, 2.45) is 0 Å². The lowest BCUT2D eigenvalue weighted by atomic mass is 10.1. The minimum absolute atomic E-state index is 0.336. The summed E-state index contributed by atoms with van der Waals surface area (Å²) in [5.74, 6) is 1.75. The molecule has 5 heteroatoms. The van der Waals surface area contributed by atoms with Crippen molar-refractivity contribution in [1.82, 2.24) is 0 Å². The van der Waals surface area contributed by atoms with E-state index < -0.39 is 6.10 Å². The molecule has 1 saturated heterocycles. The van der Waals surface area contributed by atoms with Gasteiger partial charge in [0.25, 0.3) is 0 Å². The van der Waals surface area contributed by atoms with E-state index in [1.807, 2.05) is 30.3 Å². The summed E-state index contributed by atoms with van der Waals surface area (Å²) in [6.45, 7) is 9.12. The third-order valence-corrected chi connectivity index (χ3v) is 5.34. The number of piperazine rings is 1. The van der Waals surface area contributed by atoms with Crippen LogP contribution < -0.4 is 19.3 Å². The van der Waals surface area contributed by atoms with Crippen molar-refractivity contribution in [2.45, 2.75) is 20.0 Å². The summed E-state index contributed by atoms with van der Waals surface area (Å²) in [6, 6.07) is 14.2. The molecule has 0 aromatic heterocycles. The van der Waals surface area contributed by atoms with Crippen molar-refractivity contribution in [2.75, 3.05) is 51.3 Å². The number of hydrogen-bond donors (Lipinski definition) is 2. The molecular formula is C22H31N2O3+. The van der Waals surface area contributed by atoms with Gasteiger partial charge in [0.15, 0.2) is 0 Å². The summed E-state index contributed by atoms with van der Waals surface area (Å²) >= 11 is 0. The Balaban J connectivity index is 1.45. The van der Waals surface area contributed by atoms with Gasteiger partial charge in [0.1, 0.15) is 30.8 Å². The number of methoxy groups -OCH3 is 1. The van der Waals surface area contributed by atoms with Gasteiger partial charge in [-0.2, -0.15) is 0 Å². The second kappa shape index (κ2) is 9.11. The fourth-order valence-corrected chi connectivity index (χ4v) is 3.55. The zero-order chi connectivity index (χ0) is 19.2. The molecule has 5 nitrogen and oxygen atoms in total. The number of aliphatic hydroxyl groups excluding tert-OH is 1. The molecule has 0 saturated carbocycles. The minimum atomic E-state index is -0.459. The second-order valence-electron chi connectivity index (χ2n) is 7.32. The van der Waals surface area contributed by atoms with Crippen LogP contribution in [0.2, 0.25) is 0 Å². The summed E-state index contributed by atoms with van der Waals surface area (Å²) in [4.78, 5) is 3.78. The third kappa shape index (κ3) is 5.15. The van der Waals surface area contributed by atoms with Crippen LogP contribution in [0.25, 0.3) is 0 Å². The molecule has 0 unspecified atom stereocenters. The summed E-state index contributed by atoms with van der Waals surface area (Å²) in [7, 11) is 1.71. The number of hydrogen-bond acceptors (Lipinski definition) is 4. The number of nitrogens with one attached hydrogen (secondary N) is 1. The summed E-state index contributed by atoms with van der Waals surface area (Å²) in [5.41, 5.74) is 3.61. The quantitative estimate of drug-likeness (QED) is 0.774. The number of aliphatic hydroxyl groups is 1. The SMILES string of the molecule is COc1ccccc1N1CC[NH+](C[C@H](O)COc2ccc(C)c(C)c2)CC1. The van der Waals surface area contributed by atoms with Crippen LogP contribution in [0, 0.1) is 13.8 Å². The zero-order valence-electron chi connectivity index (χ0n) is 16.6. The molecule has 1 fully saturated rings. The Morgan fingerprint density at radius 2 is 1.81 bits per heavy atom. The first-order valence-corrected chi connectivity index (χ1v) is 9.66. The first kappa shape index (κ1) is 19.5. The predicted molar refractivity (Wildman–Crippen MR) is 108 cm³/mol. The molecule has 3 rings (SSSR count). The first-order chi connectivity index (χ1) is 13.1. The molecule has 1 aliphatic rings. The Morgan fingerprint density at radius 1 is 1.07 bits per heavy atom. The first-order valence-electron chi connectivity index (χ1n) is 9.66. The Labute approximate surface area is 162 Å². The van der Waals surface area contributed by atoms with E-state index in [0.717, 1.165) is 43.4 Å². The van der Waals surface area contributed by atoms with Gasteiger partial charge in [0, 0.05) is 0 Å². The lowest BCUT2D eigenvalue weighted by Gasteiger charge is -2.35. The van der Waals surface area contributed by atoms with Gasteiger partial charge in [-0.3, -0.25) is 0 Å². The van der Waals surface area contributed by atoms with Crippen molar-refractivity contribution in [3.8, 4) is 11.5 Å². The van der Waals surface area contributed by atoms with Crippen LogP contribution in [0.5, 0.6) is 11.5 Å². The third-order valence-electron chi connectivity index (χ3n) is 5.34. The molecule has 0 aliphatic carbocycles. The van der Waals surface area contributed by atoms with E-state index in [0.29, 0.717) is 13.2 Å². The Bertz CT molecular complexity index is 742. The van der Waals surface area contributed by atoms with Gasteiger partial charge in [0.2, 0.25) is 0 Å². The van der Waals surface area contributed by atoms with Crippen LogP contribution >= 0.6 is 0 Å². The molecule has 1 aliphatic heterocycles. The van der Waals surface area contributed by atoms with Crippen molar-refractivity contribution >= 4 is 5.69 Å². The number of nitrogens with zero attached hydrogens (tertiary/aromatic N) is 1. The highest BCUT2D eigenvalue weighted by atomic mass is 16.5. The predicted octanol–water partition coefficient (Wildman–Crippen LogP) is 1.46. The lowest BCUT2D eigenvalue weighted by molar-refractivity contribution is -0.903. The molecule has 2 aromatic rings. The number of para-hydroxylation sites is 2. The molecule has 1 atom stereocenters. The maximum Gasteiger partial charge on any atom is 0.142 e. The van der Waals surface area contributed by atoms with Crippen molar-refractivity contribution in [1.29, 1.82) is 0 Å². The van der Waals surface area contributed by atoms with E-state index in [1.54, 1.807) is 7.11 Å². The Morgan fingerprint density at radius 3 is 2.52 bits per heavy atom. The summed E-state index contributed by atoms with van der Waals surface area (Å²) < 4.78 is 11.3. The van der Waals surface area contributed by atoms with Crippen LogP contribution in [0.4, 0.5) is 5.69 Å². The number of aryl methyl sites for hydroxylation is 2. The number of ether oxygens (including phenoxy) is 2. The normalized spacial score (nSPS) is 16.2. The average Bonchev–Trinajstić information content (AvgIpc) is 2.69. The monoisotopic (exact) mass is 371 g/mol. The molecule has 1 heterocycles. The highest BCUT2D eigenvalue weighted by molar-refractivity contribution is 5.58. The molecule has 0 radical (unpaired) electrons. The van der Waals surface area contributed by atoms with Gasteiger partial charge in [-0.05, 0) is 49.2 Å². The molecule has 146 valence electrons. The van der Waals surface area contributed by atoms with E-state index in [-0.39, 0.29) is 0 Å². The van der Waals surface area contributed by atoms with Crippen LogP contribution in [-0.2, 0) is 0 Å². The highest BCUT2D eigenvalue weighted by Gasteiger charge is 2.24. The molecule has 27 heavy (non-hydrogen) atoms. The van der Waals surface area contributed by atoms with Crippen LogP contribution in [-0.4, -0.2) is 57.7 Å². The van der Waals surface area contributed by atoms with Gasteiger partial charge in [-0.25, -0.2) is 0 Å². The zero-order valence-corrected chi connectivity index (χ0v) is 16.6. The van der Waals surface area contributed by atoms with Gasteiger partial charge < -0.3 is 24.4 Å². The van der Waals surface area contributed by atoms with Crippen LogP contribution in [0.1, 0.15) is 11.1 Å². The maximum atomic E-state index is 10.4. The number of benzene rings is 2. The van der Waals surface area contributed by atoms with E-state index >= 15 is 0 Å². The van der Waals surface area contributed by atoms with Crippen molar-refractivity contribution in [3.63, 3.8) is 0 Å². The average molecular weight is 372 g/mol. The van der Waals surface area contributed by atoms with E-state index in [2.05, 4.69) is 30.9 Å². The van der Waals surface area contributed by atoms with Crippen LogP contribution in [0.15, 0.2) is 42.5 Å². The van der Waals surface area contributed by atoms with Crippen molar-refractivity contribution in [3.05, 3.63) is 53.6 Å². The van der Waals surface area contributed by atoms with Crippen LogP contribution in [0.3, 0.4) is 0 Å². The fraction of sp³-hybridized carbons (Fsp3) is 0.455. The molecule has 2 aromatic carbocycles. The van der Waals surface area contributed by atoms with Gasteiger partial charge in [-0.15, -0.1) is 0 Å². The molecule has 0 amide bonds. The highest BCUT2D eigenvalue weighted by Crippen LogP contribution is 2.27. The van der Waals surface area contributed by atoms with Gasteiger partial charge >= 0.3 is 0 Å². The Hall–Kier alpha value is -2.24. The molecule has 2 N–H and O–H groups in total. The number of quaternary nitrogens is 1. The lowest BCUT2D eigenvalue weighted by Crippen LogP contribution is -3.16. The summed E-state index contributed by atoms with van der Waals surface area (Å²) in [5, 5.41) is 10.4. The van der Waals surface area contributed by atoms with Crippen molar-refractivity contribution < 1.29 is 19.5 Å². The largest absolute Gasteiger partial charge is 0.495 e. The summed E-state index contributed by atoms with van der Waals surface area (Å²) in [6.07, 6.45) is -0.459. The fourth-order valence-electron chi connectivity index (χ4n) is 3.55. The van der Waals surface area contributed by atoms with E-state index in [4.69, 9.17) is 9.47 Å². The van der Waals surface area contributed by atoms with Gasteiger partial charge in [-0.1, -0.05) is 18.2 Å². The standard InChI is InChI=1S/C22H30N2O3/c1-17-8-9-20(14-18(17)2)27-16-19(25)15-23-10-12-24(13-11-23)21-6-4-5-7-22(21)26-3/h4-9,14,19,25H,10-13,15-16H2,1-3H3/p+1/t19-/m0/s1.